The third-order valence-corrected chi connectivity index (χ3v) is 4.57. The molecule has 0 radical (unpaired) electrons. The van der Waals surface area contributed by atoms with E-state index in [0.29, 0.717) is 11.1 Å². The van der Waals surface area contributed by atoms with Crippen LogP contribution in [0.2, 0.25) is 0 Å². The molecule has 0 fully saturated rings. The summed E-state index contributed by atoms with van der Waals surface area (Å²) in [6.45, 7) is 2.11. The van der Waals surface area contributed by atoms with Crippen molar-refractivity contribution in [1.82, 2.24) is 20.5 Å². The van der Waals surface area contributed by atoms with Gasteiger partial charge in [-0.2, -0.15) is 0 Å². The fourth-order valence-corrected chi connectivity index (χ4v) is 3.11. The van der Waals surface area contributed by atoms with Crippen LogP contribution in [-0.4, -0.2) is 26.8 Å². The third kappa shape index (κ3) is 4.92. The van der Waals surface area contributed by atoms with Crippen LogP contribution in [0.4, 0.5) is 0 Å². The highest BCUT2D eigenvalue weighted by Crippen LogP contribution is 2.23. The lowest BCUT2D eigenvalue weighted by Crippen LogP contribution is -2.29. The Morgan fingerprint density at radius 1 is 1.19 bits per heavy atom. The first-order chi connectivity index (χ1) is 12.8. The van der Waals surface area contributed by atoms with Gasteiger partial charge in [0.1, 0.15) is 0 Å². The van der Waals surface area contributed by atoms with Crippen LogP contribution >= 0.6 is 11.8 Å². The predicted molar refractivity (Wildman–Crippen MR) is 100 cm³/mol. The van der Waals surface area contributed by atoms with Gasteiger partial charge >= 0.3 is 0 Å². The second-order valence-corrected chi connectivity index (χ2v) is 6.65. The molecule has 0 aliphatic rings. The molecule has 1 amide bonds. The van der Waals surface area contributed by atoms with E-state index >= 15 is 0 Å². The molecule has 6 nitrogen and oxygen atoms in total. The standard InChI is InChI=1S/C19H20N4O2S/c1-2-7-16(14-8-4-3-5-9-14)21-17(24)13-26-19-23-22-18(25-19)15-10-6-11-20-12-15/h3-6,8-12,16H,2,7,13H2,1H3,(H,21,24)/t16-/m1/s1. The second-order valence-electron chi connectivity index (χ2n) is 5.72. The number of benzene rings is 1. The van der Waals surface area contributed by atoms with E-state index in [1.807, 2.05) is 36.4 Å². The van der Waals surface area contributed by atoms with E-state index in [0.717, 1.165) is 24.0 Å². The van der Waals surface area contributed by atoms with E-state index in [1.165, 1.54) is 11.8 Å². The highest BCUT2D eigenvalue weighted by molar-refractivity contribution is 7.99. The number of nitrogens with zero attached hydrogens (tertiary/aromatic N) is 3. The van der Waals surface area contributed by atoms with Crippen molar-refractivity contribution in [2.45, 2.75) is 31.0 Å². The quantitative estimate of drug-likeness (QED) is 0.608. The summed E-state index contributed by atoms with van der Waals surface area (Å²) >= 11 is 1.23. The van der Waals surface area contributed by atoms with Gasteiger partial charge in [0.25, 0.3) is 5.22 Å². The monoisotopic (exact) mass is 368 g/mol. The van der Waals surface area contributed by atoms with Crippen molar-refractivity contribution in [2.75, 3.05) is 5.75 Å². The lowest BCUT2D eigenvalue weighted by molar-refractivity contribution is -0.119. The summed E-state index contributed by atoms with van der Waals surface area (Å²) < 4.78 is 5.58. The Hall–Kier alpha value is -2.67. The molecule has 2 aromatic heterocycles. The molecule has 0 aliphatic carbocycles. The van der Waals surface area contributed by atoms with Crippen LogP contribution in [0.5, 0.6) is 0 Å². The number of amides is 1. The average molecular weight is 368 g/mol. The topological polar surface area (TPSA) is 80.9 Å². The van der Waals surface area contributed by atoms with Crippen LogP contribution in [0.1, 0.15) is 31.4 Å². The largest absolute Gasteiger partial charge is 0.411 e. The van der Waals surface area contributed by atoms with Gasteiger partial charge in [-0.3, -0.25) is 9.78 Å². The van der Waals surface area contributed by atoms with Gasteiger partial charge in [0.05, 0.1) is 17.4 Å². The van der Waals surface area contributed by atoms with E-state index in [4.69, 9.17) is 4.42 Å². The van der Waals surface area contributed by atoms with Crippen molar-refractivity contribution >= 4 is 17.7 Å². The van der Waals surface area contributed by atoms with E-state index in [2.05, 4.69) is 27.4 Å². The fraction of sp³-hybridized carbons (Fsp3) is 0.263. The molecule has 0 bridgehead atoms. The molecule has 0 saturated heterocycles. The SMILES string of the molecule is CCC[C@@H](NC(=O)CSc1nnc(-c2cccnc2)o1)c1ccccc1. The number of carbonyl (C=O) groups is 1. The maximum absolute atomic E-state index is 12.3. The highest BCUT2D eigenvalue weighted by Gasteiger charge is 2.15. The van der Waals surface area contributed by atoms with Gasteiger partial charge in [-0.15, -0.1) is 10.2 Å². The Balaban J connectivity index is 1.56. The maximum Gasteiger partial charge on any atom is 0.277 e. The van der Waals surface area contributed by atoms with Gasteiger partial charge in [0.2, 0.25) is 11.8 Å². The molecular formula is C19H20N4O2S. The third-order valence-electron chi connectivity index (χ3n) is 3.76. The summed E-state index contributed by atoms with van der Waals surface area (Å²) in [4.78, 5) is 16.3. The molecular weight excluding hydrogens is 348 g/mol. The van der Waals surface area contributed by atoms with Gasteiger partial charge in [-0.05, 0) is 24.1 Å². The smallest absolute Gasteiger partial charge is 0.277 e. The van der Waals surface area contributed by atoms with Crippen LogP contribution in [0.15, 0.2) is 64.5 Å². The lowest BCUT2D eigenvalue weighted by Gasteiger charge is -2.18. The normalized spacial score (nSPS) is 11.9. The van der Waals surface area contributed by atoms with Gasteiger partial charge in [0.15, 0.2) is 0 Å². The number of rotatable bonds is 8. The van der Waals surface area contributed by atoms with E-state index in [1.54, 1.807) is 18.5 Å². The van der Waals surface area contributed by atoms with Gasteiger partial charge in [-0.1, -0.05) is 55.4 Å². The summed E-state index contributed by atoms with van der Waals surface area (Å²) in [6.07, 6.45) is 5.22. The first-order valence-corrected chi connectivity index (χ1v) is 9.46. The first-order valence-electron chi connectivity index (χ1n) is 8.47. The Kier molecular flexibility index (Phi) is 6.38. The summed E-state index contributed by atoms with van der Waals surface area (Å²) in [5, 5.41) is 11.4. The number of hydrogen-bond acceptors (Lipinski definition) is 6. The number of carbonyl (C=O) groups excluding carboxylic acids is 1. The molecule has 3 aromatic rings. The van der Waals surface area contributed by atoms with Crippen molar-refractivity contribution in [3.63, 3.8) is 0 Å². The van der Waals surface area contributed by atoms with Crippen molar-refractivity contribution in [3.8, 4) is 11.5 Å². The Labute approximate surface area is 156 Å². The number of pyridine rings is 1. The number of aromatic nitrogens is 3. The van der Waals surface area contributed by atoms with E-state index < -0.39 is 0 Å². The zero-order valence-corrected chi connectivity index (χ0v) is 15.3. The van der Waals surface area contributed by atoms with E-state index in [9.17, 15) is 4.79 Å². The molecule has 26 heavy (non-hydrogen) atoms. The zero-order chi connectivity index (χ0) is 18.2. The Morgan fingerprint density at radius 2 is 2.04 bits per heavy atom. The molecule has 1 aromatic carbocycles. The summed E-state index contributed by atoms with van der Waals surface area (Å²) in [5.41, 5.74) is 1.87. The Morgan fingerprint density at radius 3 is 2.77 bits per heavy atom. The van der Waals surface area contributed by atoms with Crippen molar-refractivity contribution in [2.24, 2.45) is 0 Å². The Bertz CT molecular complexity index is 824. The fourth-order valence-electron chi connectivity index (χ4n) is 2.53. The lowest BCUT2D eigenvalue weighted by atomic mass is 10.0. The highest BCUT2D eigenvalue weighted by atomic mass is 32.2. The van der Waals surface area contributed by atoms with Crippen LogP contribution < -0.4 is 5.32 Å². The molecule has 0 aliphatic heterocycles. The maximum atomic E-state index is 12.3. The van der Waals surface area contributed by atoms with Crippen molar-refractivity contribution < 1.29 is 9.21 Å². The zero-order valence-electron chi connectivity index (χ0n) is 14.5. The van der Waals surface area contributed by atoms with Gasteiger partial charge in [0, 0.05) is 12.4 Å². The molecule has 0 spiro atoms. The van der Waals surface area contributed by atoms with Crippen molar-refractivity contribution in [3.05, 3.63) is 60.4 Å². The summed E-state index contributed by atoms with van der Waals surface area (Å²) in [6, 6.07) is 13.7. The minimum absolute atomic E-state index is 0.0166. The van der Waals surface area contributed by atoms with Crippen LogP contribution in [0.25, 0.3) is 11.5 Å². The van der Waals surface area contributed by atoms with Crippen LogP contribution in [-0.2, 0) is 4.79 Å². The van der Waals surface area contributed by atoms with Gasteiger partial charge < -0.3 is 9.73 Å². The minimum atomic E-state index is -0.0570. The molecule has 1 atom stereocenters. The number of thioether (sulfide) groups is 1. The molecule has 1 N–H and O–H groups in total. The number of hydrogen-bond donors (Lipinski definition) is 1. The number of nitrogens with one attached hydrogen (secondary N) is 1. The molecule has 0 saturated carbocycles. The van der Waals surface area contributed by atoms with Gasteiger partial charge in [-0.25, -0.2) is 0 Å². The first kappa shape index (κ1) is 18.1. The molecule has 0 unspecified atom stereocenters. The average Bonchev–Trinajstić information content (AvgIpc) is 3.17. The summed E-state index contributed by atoms with van der Waals surface area (Å²) in [5.74, 6) is 0.564. The summed E-state index contributed by atoms with van der Waals surface area (Å²) in [7, 11) is 0. The van der Waals surface area contributed by atoms with E-state index in [-0.39, 0.29) is 17.7 Å². The predicted octanol–water partition coefficient (Wildman–Crippen LogP) is 3.88. The molecule has 134 valence electrons. The minimum Gasteiger partial charge on any atom is -0.411 e. The van der Waals surface area contributed by atoms with Crippen LogP contribution in [0, 0.1) is 0 Å². The second kappa shape index (κ2) is 9.15. The van der Waals surface area contributed by atoms with Crippen LogP contribution in [0.3, 0.4) is 0 Å². The van der Waals surface area contributed by atoms with Crippen molar-refractivity contribution in [1.29, 1.82) is 0 Å². The molecule has 7 heteroatoms. The molecule has 2 heterocycles. The molecule has 3 rings (SSSR count).